The normalized spacial score (nSPS) is 11.0. The third kappa shape index (κ3) is 4.30. The van der Waals surface area contributed by atoms with E-state index in [-0.39, 0.29) is 12.5 Å². The van der Waals surface area contributed by atoms with Crippen molar-refractivity contribution >= 4 is 33.5 Å². The van der Waals surface area contributed by atoms with E-state index in [1.165, 1.54) is 0 Å². The fourth-order valence-corrected chi connectivity index (χ4v) is 4.26. The van der Waals surface area contributed by atoms with Crippen molar-refractivity contribution in [2.75, 3.05) is 11.9 Å². The van der Waals surface area contributed by atoms with Gasteiger partial charge in [-0.05, 0) is 46.8 Å². The quantitative estimate of drug-likeness (QED) is 0.277. The van der Waals surface area contributed by atoms with Gasteiger partial charge in [-0.2, -0.15) is 0 Å². The monoisotopic (exact) mass is 470 g/mol. The van der Waals surface area contributed by atoms with Crippen molar-refractivity contribution in [3.63, 3.8) is 0 Å². The second kappa shape index (κ2) is 9.39. The van der Waals surface area contributed by atoms with E-state index in [1.807, 2.05) is 103 Å². The molecule has 1 amide bonds. The zero-order chi connectivity index (χ0) is 24.3. The number of nitrogens with one attached hydrogen (secondary N) is 1. The third-order valence-corrected chi connectivity index (χ3v) is 6.04. The van der Waals surface area contributed by atoms with Crippen LogP contribution in [0, 0.1) is 0 Å². The van der Waals surface area contributed by atoms with E-state index in [0.29, 0.717) is 22.9 Å². The molecule has 0 saturated carbocycles. The molecule has 1 N–H and O–H groups in total. The highest BCUT2D eigenvalue weighted by Gasteiger charge is 2.15. The molecule has 1 aromatic heterocycles. The maximum Gasteiger partial charge on any atom is 0.262 e. The van der Waals surface area contributed by atoms with E-state index < -0.39 is 0 Å². The topological polar surface area (TPSA) is 64.4 Å². The van der Waals surface area contributed by atoms with E-state index in [4.69, 9.17) is 9.15 Å². The van der Waals surface area contributed by atoms with Crippen LogP contribution in [0.1, 0.15) is 0 Å². The minimum absolute atomic E-state index is 0.114. The average Bonchev–Trinajstić information content (AvgIpc) is 3.38. The van der Waals surface area contributed by atoms with Crippen molar-refractivity contribution in [3.8, 4) is 28.3 Å². The lowest BCUT2D eigenvalue weighted by Gasteiger charge is -2.10. The molecule has 0 aliphatic rings. The number of carbonyl (C=O) groups is 1. The zero-order valence-corrected chi connectivity index (χ0v) is 19.3. The molecule has 6 aromatic rings. The highest BCUT2D eigenvalue weighted by molar-refractivity contribution is 6.04. The van der Waals surface area contributed by atoms with Gasteiger partial charge in [0, 0.05) is 5.39 Å². The first-order valence-corrected chi connectivity index (χ1v) is 11.7. The second-order valence-corrected chi connectivity index (χ2v) is 8.43. The third-order valence-electron chi connectivity index (χ3n) is 6.04. The molecule has 5 nitrogen and oxygen atoms in total. The number of rotatable bonds is 6. The number of ether oxygens (including phenoxy) is 1. The Morgan fingerprint density at radius 3 is 2.33 bits per heavy atom. The second-order valence-electron chi connectivity index (χ2n) is 8.43. The summed E-state index contributed by atoms with van der Waals surface area (Å²) in [5.74, 6) is 0.815. The molecule has 0 aliphatic carbocycles. The number of para-hydroxylation sites is 1. The van der Waals surface area contributed by atoms with Gasteiger partial charge in [0.2, 0.25) is 5.89 Å². The summed E-state index contributed by atoms with van der Waals surface area (Å²) in [5, 5.41) is 5.02. The minimum Gasteiger partial charge on any atom is -0.484 e. The maximum atomic E-state index is 12.7. The van der Waals surface area contributed by atoms with Crippen LogP contribution < -0.4 is 10.1 Å². The summed E-state index contributed by atoms with van der Waals surface area (Å²) in [7, 11) is 0. The Balaban J connectivity index is 1.18. The van der Waals surface area contributed by atoms with Crippen LogP contribution in [-0.2, 0) is 4.79 Å². The molecule has 0 radical (unpaired) electrons. The fourth-order valence-electron chi connectivity index (χ4n) is 4.26. The number of nitrogens with zero attached hydrogens (tertiary/aromatic N) is 1. The first-order valence-electron chi connectivity index (χ1n) is 11.7. The van der Waals surface area contributed by atoms with Crippen LogP contribution in [0.15, 0.2) is 120 Å². The van der Waals surface area contributed by atoms with Gasteiger partial charge in [0.05, 0.1) is 11.3 Å². The molecule has 0 fully saturated rings. The minimum atomic E-state index is -0.267. The van der Waals surface area contributed by atoms with Gasteiger partial charge >= 0.3 is 0 Å². The Bertz CT molecular complexity index is 1670. The van der Waals surface area contributed by atoms with Crippen LogP contribution >= 0.6 is 0 Å². The van der Waals surface area contributed by atoms with E-state index in [1.54, 1.807) is 0 Å². The number of carbonyl (C=O) groups excluding carboxylic acids is 1. The average molecular weight is 471 g/mol. The lowest BCUT2D eigenvalue weighted by atomic mass is 10.1. The first-order chi connectivity index (χ1) is 17.7. The number of hydrogen-bond acceptors (Lipinski definition) is 4. The van der Waals surface area contributed by atoms with Gasteiger partial charge in [0.1, 0.15) is 11.3 Å². The first kappa shape index (κ1) is 21.6. The Kier molecular flexibility index (Phi) is 5.64. The molecule has 5 aromatic carbocycles. The predicted molar refractivity (Wildman–Crippen MR) is 143 cm³/mol. The van der Waals surface area contributed by atoms with Crippen LogP contribution in [0.25, 0.3) is 44.5 Å². The number of fused-ring (bicyclic) bond motifs is 3. The maximum absolute atomic E-state index is 12.7. The molecule has 5 heteroatoms. The Labute approximate surface area is 208 Å². The fraction of sp³-hybridized carbons (Fsp3) is 0.0323. The van der Waals surface area contributed by atoms with Gasteiger partial charge in [-0.3, -0.25) is 4.79 Å². The summed E-state index contributed by atoms with van der Waals surface area (Å²) < 4.78 is 11.9. The summed E-state index contributed by atoms with van der Waals surface area (Å²) in [6, 6.07) is 37.3. The Morgan fingerprint density at radius 1 is 0.750 bits per heavy atom. The highest BCUT2D eigenvalue weighted by atomic mass is 16.5. The van der Waals surface area contributed by atoms with Crippen LogP contribution in [0.4, 0.5) is 5.69 Å². The van der Waals surface area contributed by atoms with Gasteiger partial charge < -0.3 is 14.5 Å². The molecule has 0 unspecified atom stereocenters. The van der Waals surface area contributed by atoms with Crippen molar-refractivity contribution in [1.29, 1.82) is 0 Å². The summed E-state index contributed by atoms with van der Waals surface area (Å²) in [4.78, 5) is 17.4. The summed E-state index contributed by atoms with van der Waals surface area (Å²) >= 11 is 0. The Hall–Kier alpha value is -4.90. The summed E-state index contributed by atoms with van der Waals surface area (Å²) in [6.45, 7) is -0.114. The van der Waals surface area contributed by atoms with Crippen LogP contribution in [0.5, 0.6) is 5.75 Å². The van der Waals surface area contributed by atoms with E-state index in [2.05, 4.69) is 22.4 Å². The number of anilines is 1. The number of amides is 1. The Morgan fingerprint density at radius 2 is 1.47 bits per heavy atom. The van der Waals surface area contributed by atoms with Gasteiger partial charge in [0.15, 0.2) is 12.2 Å². The van der Waals surface area contributed by atoms with Crippen molar-refractivity contribution in [2.24, 2.45) is 0 Å². The standard InChI is InChI=1S/C31H22N2O3/c34-29(20-35-24-17-14-22(15-18-24)21-8-2-1-3-9-21)32-27-13-7-6-12-26(27)31-33-28-19-16-23-10-4-5-11-25(23)30(28)36-31/h1-19H,20H2,(H,32,34). The molecule has 6 rings (SSSR count). The van der Waals surface area contributed by atoms with Gasteiger partial charge in [-0.1, -0.05) is 84.9 Å². The number of oxazole rings is 1. The van der Waals surface area contributed by atoms with Gasteiger partial charge in [0.25, 0.3) is 5.91 Å². The van der Waals surface area contributed by atoms with Gasteiger partial charge in [-0.15, -0.1) is 0 Å². The van der Waals surface area contributed by atoms with Crippen molar-refractivity contribution in [3.05, 3.63) is 115 Å². The highest BCUT2D eigenvalue weighted by Crippen LogP contribution is 2.33. The molecule has 0 aliphatic heterocycles. The number of hydrogen-bond donors (Lipinski definition) is 1. The molecular weight excluding hydrogens is 448 g/mol. The smallest absolute Gasteiger partial charge is 0.262 e. The molecule has 1 heterocycles. The molecule has 0 atom stereocenters. The van der Waals surface area contributed by atoms with Crippen LogP contribution in [0.2, 0.25) is 0 Å². The SMILES string of the molecule is O=C(COc1ccc(-c2ccccc2)cc1)Nc1ccccc1-c1nc2ccc3ccccc3c2o1. The molecule has 0 saturated heterocycles. The van der Waals surface area contributed by atoms with Crippen molar-refractivity contribution in [1.82, 2.24) is 4.98 Å². The van der Waals surface area contributed by atoms with Crippen LogP contribution in [-0.4, -0.2) is 17.5 Å². The zero-order valence-electron chi connectivity index (χ0n) is 19.3. The summed E-state index contributed by atoms with van der Waals surface area (Å²) in [5.41, 5.74) is 5.04. The predicted octanol–water partition coefficient (Wildman–Crippen LogP) is 7.33. The molecule has 36 heavy (non-hydrogen) atoms. The molecule has 0 spiro atoms. The van der Waals surface area contributed by atoms with E-state index in [9.17, 15) is 4.79 Å². The van der Waals surface area contributed by atoms with E-state index in [0.717, 1.165) is 33.0 Å². The largest absolute Gasteiger partial charge is 0.484 e. The van der Waals surface area contributed by atoms with Crippen LogP contribution in [0.3, 0.4) is 0 Å². The van der Waals surface area contributed by atoms with Gasteiger partial charge in [-0.25, -0.2) is 4.98 Å². The van der Waals surface area contributed by atoms with Crippen molar-refractivity contribution in [2.45, 2.75) is 0 Å². The van der Waals surface area contributed by atoms with E-state index >= 15 is 0 Å². The molecule has 0 bridgehead atoms. The number of benzene rings is 5. The summed E-state index contributed by atoms with van der Waals surface area (Å²) in [6.07, 6.45) is 0. The lowest BCUT2D eigenvalue weighted by Crippen LogP contribution is -2.20. The molecular formula is C31H22N2O3. The number of aromatic nitrogens is 1. The lowest BCUT2D eigenvalue weighted by molar-refractivity contribution is -0.118. The molecule has 174 valence electrons. The van der Waals surface area contributed by atoms with Crippen molar-refractivity contribution < 1.29 is 13.9 Å².